The van der Waals surface area contributed by atoms with Gasteiger partial charge in [0, 0.05) is 5.92 Å². The molecule has 2 aromatic carbocycles. The molecular weight excluding hydrogens is 376 g/mol. The molecular formula is C23H32O2Si2. The fraction of sp³-hybridized carbons (Fsp3) is 0.304. The molecule has 0 N–H and O–H groups in total. The summed E-state index contributed by atoms with van der Waals surface area (Å²) in [7, 11) is -3.25. The maximum atomic E-state index is 7.57. The van der Waals surface area contributed by atoms with Gasteiger partial charge in [0.1, 0.15) is 11.5 Å². The highest BCUT2D eigenvalue weighted by molar-refractivity contribution is 6.70. The van der Waals surface area contributed by atoms with Crippen molar-refractivity contribution in [2.45, 2.75) is 45.2 Å². The van der Waals surface area contributed by atoms with Gasteiger partial charge < -0.3 is 8.85 Å². The number of rotatable bonds is 8. The fourth-order valence-electron chi connectivity index (χ4n) is 2.59. The molecule has 2 aromatic rings. The second kappa shape index (κ2) is 8.76. The molecule has 0 aromatic heterocycles. The minimum atomic E-state index is -1.64. The summed E-state index contributed by atoms with van der Waals surface area (Å²) in [5.74, 6) is 1.63. The SMILES string of the molecule is [2H]C([2H])=CC(/C=C\[13c]1[13cH][13cH][13c](O[Si](C)(C)C)[13cH][13cH]1)[13c]1[13cH][13cH][13c](O[Si](C)(C)C)[13cH][13cH]1. The first-order valence-electron chi connectivity index (χ1n) is 10.3. The van der Waals surface area contributed by atoms with Crippen molar-refractivity contribution >= 4 is 22.7 Å². The van der Waals surface area contributed by atoms with E-state index in [-0.39, 0.29) is 12.4 Å². The molecule has 0 aliphatic heterocycles. The summed E-state index contributed by atoms with van der Waals surface area (Å²) in [6.07, 6.45) is 5.67. The molecule has 0 aliphatic carbocycles. The van der Waals surface area contributed by atoms with E-state index in [1.807, 2.05) is 60.7 Å². The molecule has 2 nitrogen and oxygen atoms in total. The molecule has 144 valence electrons. The van der Waals surface area contributed by atoms with E-state index in [0.29, 0.717) is 0 Å². The molecule has 0 aliphatic rings. The standard InChI is InChI=1S/C23H32O2Si2/c1-8-20(21-13-17-23(18-14-21)25-27(5,6)7)12-9-19-10-15-22(16-11-19)24-26(2,3)4/h8-18,20H,1H2,2-7H3/b12-9-/i1D2,10+1,11+1,13+1,14+1,15+1,16+1,17+1,18+1,19+1,21+1,22+1,23+1. The van der Waals surface area contributed by atoms with Crippen molar-refractivity contribution in [1.82, 2.24) is 0 Å². The zero-order valence-corrected chi connectivity index (χ0v) is 19.2. The van der Waals surface area contributed by atoms with Crippen molar-refractivity contribution < 1.29 is 11.6 Å². The van der Waals surface area contributed by atoms with Gasteiger partial charge in [-0.3, -0.25) is 0 Å². The second-order valence-corrected chi connectivity index (χ2v) is 17.5. The lowest BCUT2D eigenvalue weighted by molar-refractivity contribution is 0.557. The molecule has 1 atom stereocenters. The van der Waals surface area contributed by atoms with E-state index in [4.69, 9.17) is 11.6 Å². The normalized spacial score (nSPS) is 14.3. The van der Waals surface area contributed by atoms with Gasteiger partial charge in [-0.2, -0.15) is 0 Å². The Balaban J connectivity index is 2.17. The van der Waals surface area contributed by atoms with Crippen LogP contribution in [0.5, 0.6) is 11.5 Å². The molecule has 0 amide bonds. The van der Waals surface area contributed by atoms with Crippen LogP contribution in [-0.2, 0) is 0 Å². The van der Waals surface area contributed by atoms with Gasteiger partial charge in [0.05, 0.1) is 2.74 Å². The molecule has 1 unspecified atom stereocenters. The van der Waals surface area contributed by atoms with Crippen LogP contribution in [0.3, 0.4) is 0 Å². The van der Waals surface area contributed by atoms with E-state index < -0.39 is 16.6 Å². The van der Waals surface area contributed by atoms with Crippen LogP contribution in [0.15, 0.2) is 67.2 Å². The van der Waals surface area contributed by atoms with E-state index in [1.165, 1.54) is 0 Å². The maximum absolute atomic E-state index is 7.57. The summed E-state index contributed by atoms with van der Waals surface area (Å²) in [4.78, 5) is 0. The van der Waals surface area contributed by atoms with Gasteiger partial charge >= 0.3 is 0 Å². The molecule has 0 saturated carbocycles. The van der Waals surface area contributed by atoms with Crippen LogP contribution in [0.1, 0.15) is 19.8 Å². The van der Waals surface area contributed by atoms with Gasteiger partial charge in [-0.05, 0) is 74.7 Å². The third-order valence-corrected chi connectivity index (χ3v) is 5.36. The third kappa shape index (κ3) is 7.61. The van der Waals surface area contributed by atoms with E-state index >= 15 is 0 Å². The topological polar surface area (TPSA) is 18.5 Å². The molecule has 2 rings (SSSR count). The van der Waals surface area contributed by atoms with Gasteiger partial charge in [-0.15, -0.1) is 6.53 Å². The highest BCUT2D eigenvalue weighted by Gasteiger charge is 2.17. The molecule has 0 radical (unpaired) electrons. The lowest BCUT2D eigenvalue weighted by Gasteiger charge is -2.19. The first-order valence-corrected chi connectivity index (χ1v) is 16.1. The zero-order chi connectivity index (χ0) is 21.7. The van der Waals surface area contributed by atoms with Crippen molar-refractivity contribution in [2.24, 2.45) is 0 Å². The molecule has 0 bridgehead atoms. The highest BCUT2D eigenvalue weighted by atomic mass is 28.4. The highest BCUT2D eigenvalue weighted by Crippen LogP contribution is 2.24. The summed E-state index contributed by atoms with van der Waals surface area (Å²) in [6.45, 7) is 12.8. The predicted molar refractivity (Wildman–Crippen MR) is 123 cm³/mol. The van der Waals surface area contributed by atoms with Crippen molar-refractivity contribution in [3.8, 4) is 11.5 Å². The quantitative estimate of drug-likeness (QED) is 0.341. The van der Waals surface area contributed by atoms with Crippen molar-refractivity contribution in [1.29, 1.82) is 0 Å². The largest absolute Gasteiger partial charge is 0.544 e. The molecule has 0 heterocycles. The van der Waals surface area contributed by atoms with Crippen LogP contribution >= 0.6 is 0 Å². The smallest absolute Gasteiger partial charge is 0.242 e. The number of allylic oxidation sites excluding steroid dienone is 2. The van der Waals surface area contributed by atoms with Crippen LogP contribution < -0.4 is 8.85 Å². The van der Waals surface area contributed by atoms with E-state index in [9.17, 15) is 0 Å². The van der Waals surface area contributed by atoms with Gasteiger partial charge in [0.25, 0.3) is 0 Å². The first kappa shape index (κ1) is 18.3. The Labute approximate surface area is 169 Å². The predicted octanol–water partition coefficient (Wildman–Crippen LogP) is 7.10. The Morgan fingerprint density at radius 1 is 0.815 bits per heavy atom. The molecule has 4 heteroatoms. The average Bonchev–Trinajstić information content (AvgIpc) is 2.57. The Morgan fingerprint density at radius 3 is 1.74 bits per heavy atom. The summed E-state index contributed by atoms with van der Waals surface area (Å²) in [5.41, 5.74) is 2.08. The lowest BCUT2D eigenvalue weighted by Crippen LogP contribution is -2.29. The van der Waals surface area contributed by atoms with E-state index in [1.54, 1.807) is 6.08 Å². The number of hydrogen-bond donors (Lipinski definition) is 0. The summed E-state index contributed by atoms with van der Waals surface area (Å²) in [5, 5.41) is 0. The van der Waals surface area contributed by atoms with Crippen molar-refractivity contribution in [3.63, 3.8) is 0 Å². The molecule has 0 saturated heterocycles. The fourth-order valence-corrected chi connectivity index (χ4v) is 4.28. The Kier molecular flexibility index (Phi) is 5.95. The first-order chi connectivity index (χ1) is 13.4. The third-order valence-electron chi connectivity index (χ3n) is 3.67. The molecule has 0 spiro atoms. The van der Waals surface area contributed by atoms with Crippen LogP contribution in [0.2, 0.25) is 39.3 Å². The lowest BCUT2D eigenvalue weighted by atomic mass is 10.2. The second-order valence-electron chi connectivity index (χ2n) is 8.62. The van der Waals surface area contributed by atoms with Gasteiger partial charge in [-0.25, -0.2) is 0 Å². The average molecular weight is 411 g/mol. The Morgan fingerprint density at radius 2 is 1.30 bits per heavy atom. The maximum Gasteiger partial charge on any atom is 0.242 e. The van der Waals surface area contributed by atoms with Gasteiger partial charge in [-0.1, -0.05) is 42.5 Å². The van der Waals surface area contributed by atoms with E-state index in [0.717, 1.165) is 22.6 Å². The molecule has 27 heavy (non-hydrogen) atoms. The van der Waals surface area contributed by atoms with Gasteiger partial charge in [0.2, 0.25) is 16.6 Å². The zero-order valence-electron chi connectivity index (χ0n) is 19.2. The number of benzene rings is 2. The van der Waals surface area contributed by atoms with Crippen molar-refractivity contribution in [2.75, 3.05) is 0 Å². The van der Waals surface area contributed by atoms with Crippen molar-refractivity contribution in [3.05, 3.63) is 78.3 Å². The Bertz CT molecular complexity index is 842. The monoisotopic (exact) mass is 410 g/mol. The van der Waals surface area contributed by atoms with Crippen LogP contribution in [-0.4, -0.2) is 16.6 Å². The molecule has 0 fully saturated rings. The summed E-state index contributed by atoms with van der Waals surface area (Å²) >= 11 is 0. The minimum absolute atomic E-state index is 0.140. The van der Waals surface area contributed by atoms with Crippen LogP contribution in [0.25, 0.3) is 6.08 Å². The summed E-state index contributed by atoms with van der Waals surface area (Å²) < 4.78 is 27.2. The minimum Gasteiger partial charge on any atom is -0.544 e. The number of hydrogen-bond acceptors (Lipinski definition) is 2. The van der Waals surface area contributed by atoms with Crippen LogP contribution in [0.4, 0.5) is 0 Å². The Hall–Kier alpha value is -2.05. The van der Waals surface area contributed by atoms with Crippen LogP contribution in [0, 0.1) is 0 Å². The van der Waals surface area contributed by atoms with E-state index in [2.05, 4.69) is 39.3 Å². The summed E-state index contributed by atoms with van der Waals surface area (Å²) in [6, 6.07) is 16.0. The van der Waals surface area contributed by atoms with Gasteiger partial charge in [0.15, 0.2) is 0 Å².